The third-order valence-electron chi connectivity index (χ3n) is 2.33. The lowest BCUT2D eigenvalue weighted by molar-refractivity contribution is 0.198. The van der Waals surface area contributed by atoms with Gasteiger partial charge in [-0.3, -0.25) is 0 Å². The van der Waals surface area contributed by atoms with E-state index in [2.05, 4.69) is 27.3 Å². The van der Waals surface area contributed by atoms with Crippen molar-refractivity contribution in [2.45, 2.75) is 6.54 Å². The average molecular weight is 284 g/mol. The molecule has 1 heterocycles. The summed E-state index contributed by atoms with van der Waals surface area (Å²) in [6.07, 6.45) is 0. The maximum absolute atomic E-state index is 5.73. The zero-order valence-electron chi connectivity index (χ0n) is 9.13. The van der Waals surface area contributed by atoms with Crippen molar-refractivity contribution in [1.29, 1.82) is 0 Å². The highest BCUT2D eigenvalue weighted by Gasteiger charge is 2.05. The third-order valence-corrected chi connectivity index (χ3v) is 2.95. The van der Waals surface area contributed by atoms with E-state index in [9.17, 15) is 0 Å². The summed E-state index contributed by atoms with van der Waals surface area (Å²) >= 11 is 3.47. The minimum atomic E-state index is 0.712. The lowest BCUT2D eigenvalue weighted by Gasteiger charge is -2.00. The van der Waals surface area contributed by atoms with Crippen molar-refractivity contribution in [2.24, 2.45) is 0 Å². The zero-order valence-corrected chi connectivity index (χ0v) is 10.7. The van der Waals surface area contributed by atoms with E-state index in [-0.39, 0.29) is 0 Å². The van der Waals surface area contributed by atoms with Crippen LogP contribution in [0.25, 0.3) is 11.0 Å². The predicted octanol–water partition coefficient (Wildman–Crippen LogP) is 2.93. The summed E-state index contributed by atoms with van der Waals surface area (Å²) in [6.45, 7) is 2.27. The number of nitrogens with one attached hydrogen (secondary N) is 1. The van der Waals surface area contributed by atoms with Crippen LogP contribution in [-0.4, -0.2) is 20.3 Å². The highest BCUT2D eigenvalue weighted by Crippen LogP contribution is 2.26. The van der Waals surface area contributed by atoms with Crippen molar-refractivity contribution >= 4 is 26.9 Å². The molecule has 3 nitrogen and oxygen atoms in total. The number of hydrogen-bond acceptors (Lipinski definition) is 3. The van der Waals surface area contributed by atoms with Crippen molar-refractivity contribution in [1.82, 2.24) is 5.32 Å². The predicted molar refractivity (Wildman–Crippen MR) is 67.5 cm³/mol. The van der Waals surface area contributed by atoms with Crippen LogP contribution in [0.1, 0.15) is 5.76 Å². The van der Waals surface area contributed by atoms with Gasteiger partial charge in [0.05, 0.1) is 17.6 Å². The minimum absolute atomic E-state index is 0.712. The summed E-state index contributed by atoms with van der Waals surface area (Å²) in [6, 6.07) is 8.08. The van der Waals surface area contributed by atoms with E-state index in [1.54, 1.807) is 7.11 Å². The van der Waals surface area contributed by atoms with Crippen molar-refractivity contribution in [2.75, 3.05) is 20.3 Å². The average Bonchev–Trinajstić information content (AvgIpc) is 2.69. The van der Waals surface area contributed by atoms with Gasteiger partial charge in [0.1, 0.15) is 11.3 Å². The van der Waals surface area contributed by atoms with Gasteiger partial charge in [-0.1, -0.05) is 12.1 Å². The molecule has 0 bridgehead atoms. The van der Waals surface area contributed by atoms with Gasteiger partial charge in [0.25, 0.3) is 0 Å². The first-order valence-corrected chi connectivity index (χ1v) is 5.97. The Morgan fingerprint density at radius 1 is 1.44 bits per heavy atom. The summed E-state index contributed by atoms with van der Waals surface area (Å²) in [5, 5.41) is 4.37. The molecule has 0 unspecified atom stereocenters. The van der Waals surface area contributed by atoms with Gasteiger partial charge in [0.2, 0.25) is 0 Å². The van der Waals surface area contributed by atoms with Crippen LogP contribution >= 0.6 is 15.9 Å². The molecular weight excluding hydrogens is 270 g/mol. The molecule has 86 valence electrons. The Morgan fingerprint density at radius 2 is 2.31 bits per heavy atom. The molecule has 0 saturated carbocycles. The fourth-order valence-electron chi connectivity index (χ4n) is 1.55. The summed E-state index contributed by atoms with van der Waals surface area (Å²) in [5.74, 6) is 0.943. The number of rotatable bonds is 5. The van der Waals surface area contributed by atoms with Crippen LogP contribution in [-0.2, 0) is 11.3 Å². The number of methoxy groups -OCH3 is 1. The van der Waals surface area contributed by atoms with Gasteiger partial charge in [-0.2, -0.15) is 0 Å². The highest BCUT2D eigenvalue weighted by molar-refractivity contribution is 9.10. The van der Waals surface area contributed by atoms with Crippen molar-refractivity contribution in [3.05, 3.63) is 34.5 Å². The molecule has 2 aromatic rings. The maximum Gasteiger partial charge on any atom is 0.148 e. The first-order chi connectivity index (χ1) is 7.81. The second-order valence-electron chi connectivity index (χ2n) is 3.54. The number of halogens is 1. The largest absolute Gasteiger partial charge is 0.459 e. The van der Waals surface area contributed by atoms with E-state index in [0.29, 0.717) is 6.61 Å². The Morgan fingerprint density at radius 3 is 3.06 bits per heavy atom. The molecule has 0 fully saturated rings. The van der Waals surface area contributed by atoms with E-state index in [1.165, 1.54) is 0 Å². The molecule has 16 heavy (non-hydrogen) atoms. The third kappa shape index (κ3) is 2.64. The normalized spacial score (nSPS) is 11.1. The van der Waals surface area contributed by atoms with E-state index in [1.807, 2.05) is 18.2 Å². The Labute approximate surface area is 103 Å². The molecule has 0 aliphatic rings. The first-order valence-electron chi connectivity index (χ1n) is 5.18. The van der Waals surface area contributed by atoms with Crippen LogP contribution < -0.4 is 5.32 Å². The summed E-state index contributed by atoms with van der Waals surface area (Å²) in [4.78, 5) is 0. The highest BCUT2D eigenvalue weighted by atomic mass is 79.9. The Kier molecular flexibility index (Phi) is 3.98. The molecule has 1 N–H and O–H groups in total. The fourth-order valence-corrected chi connectivity index (χ4v) is 2.02. The fraction of sp³-hybridized carbons (Fsp3) is 0.333. The van der Waals surface area contributed by atoms with E-state index < -0.39 is 0 Å². The van der Waals surface area contributed by atoms with Crippen LogP contribution in [0.15, 0.2) is 33.2 Å². The van der Waals surface area contributed by atoms with Gasteiger partial charge >= 0.3 is 0 Å². The minimum Gasteiger partial charge on any atom is -0.459 e. The molecule has 1 aromatic heterocycles. The number of benzene rings is 1. The topological polar surface area (TPSA) is 34.4 Å². The summed E-state index contributed by atoms with van der Waals surface area (Å²) in [7, 11) is 1.69. The maximum atomic E-state index is 5.73. The molecule has 0 saturated heterocycles. The van der Waals surface area contributed by atoms with Crippen molar-refractivity contribution < 1.29 is 9.15 Å². The summed E-state index contributed by atoms with van der Waals surface area (Å²) < 4.78 is 11.7. The Hall–Kier alpha value is -0.840. The van der Waals surface area contributed by atoms with Gasteiger partial charge < -0.3 is 14.5 Å². The van der Waals surface area contributed by atoms with Crippen LogP contribution in [0.5, 0.6) is 0 Å². The second kappa shape index (κ2) is 5.48. The lowest BCUT2D eigenvalue weighted by atomic mass is 10.2. The molecule has 0 aliphatic heterocycles. The molecule has 1 aromatic carbocycles. The molecule has 0 aliphatic carbocycles. The number of fused-ring (bicyclic) bond motifs is 1. The Bertz CT molecular complexity index is 467. The smallest absolute Gasteiger partial charge is 0.148 e. The Balaban J connectivity index is 2.05. The second-order valence-corrected chi connectivity index (χ2v) is 4.39. The zero-order chi connectivity index (χ0) is 11.4. The number of hydrogen-bond donors (Lipinski definition) is 1. The number of ether oxygens (including phenoxy) is 1. The van der Waals surface area contributed by atoms with Gasteiger partial charge in [-0.15, -0.1) is 0 Å². The van der Waals surface area contributed by atoms with Gasteiger partial charge in [0, 0.05) is 19.0 Å². The van der Waals surface area contributed by atoms with Crippen LogP contribution in [0.2, 0.25) is 0 Å². The first kappa shape index (κ1) is 11.6. The van der Waals surface area contributed by atoms with Crippen LogP contribution in [0, 0.1) is 0 Å². The molecule has 0 spiro atoms. The molecule has 0 amide bonds. The SMILES string of the molecule is COCCNCc1cc2cccc(Br)c2o1. The van der Waals surface area contributed by atoms with Gasteiger partial charge in [-0.05, 0) is 28.1 Å². The molecular formula is C12H14BrNO2. The molecule has 4 heteroatoms. The van der Waals surface area contributed by atoms with Crippen molar-refractivity contribution in [3.63, 3.8) is 0 Å². The van der Waals surface area contributed by atoms with E-state index in [0.717, 1.165) is 34.3 Å². The molecule has 0 radical (unpaired) electrons. The quantitative estimate of drug-likeness (QED) is 0.857. The number of furan rings is 1. The van der Waals surface area contributed by atoms with Gasteiger partial charge in [-0.25, -0.2) is 0 Å². The monoisotopic (exact) mass is 283 g/mol. The summed E-state index contributed by atoms with van der Waals surface area (Å²) in [5.41, 5.74) is 0.908. The number of para-hydroxylation sites is 1. The van der Waals surface area contributed by atoms with Crippen LogP contribution in [0.4, 0.5) is 0 Å². The van der Waals surface area contributed by atoms with Crippen molar-refractivity contribution in [3.8, 4) is 0 Å². The van der Waals surface area contributed by atoms with Crippen LogP contribution in [0.3, 0.4) is 0 Å². The van der Waals surface area contributed by atoms with Gasteiger partial charge in [0.15, 0.2) is 0 Å². The molecule has 0 atom stereocenters. The van der Waals surface area contributed by atoms with E-state index in [4.69, 9.17) is 9.15 Å². The standard InChI is InChI=1S/C12H14BrNO2/c1-15-6-5-14-8-10-7-9-3-2-4-11(13)12(9)16-10/h2-4,7,14H,5-6,8H2,1H3. The molecule has 2 rings (SSSR count). The lowest BCUT2D eigenvalue weighted by Crippen LogP contribution is -2.18. The van der Waals surface area contributed by atoms with E-state index >= 15 is 0 Å².